The number of nitrogens with zero attached hydrogens (tertiary/aromatic N) is 2. The number of amides is 2. The maximum Gasteiger partial charge on any atom is 0.251 e. The van der Waals surface area contributed by atoms with Crippen molar-refractivity contribution in [3.63, 3.8) is 0 Å². The third-order valence-electron chi connectivity index (χ3n) is 5.54. The Hall–Kier alpha value is -3.03. The van der Waals surface area contributed by atoms with E-state index in [-0.39, 0.29) is 11.8 Å². The molecule has 0 spiro atoms. The minimum absolute atomic E-state index is 0.183. The molecule has 8 heteroatoms. The zero-order valence-corrected chi connectivity index (χ0v) is 18.5. The topological polar surface area (TPSA) is 93.9 Å². The number of carbonyl (C=O) groups excluding carboxylic acids is 2. The van der Waals surface area contributed by atoms with Crippen molar-refractivity contribution in [2.45, 2.75) is 52.6 Å². The van der Waals surface area contributed by atoms with Gasteiger partial charge in [-0.1, -0.05) is 11.6 Å². The molecule has 1 aromatic carbocycles. The predicted octanol–water partition coefficient (Wildman–Crippen LogP) is 3.40. The second-order valence-electron chi connectivity index (χ2n) is 7.76. The number of aromatic nitrogens is 1. The van der Waals surface area contributed by atoms with Crippen LogP contribution in [0, 0.1) is 13.8 Å². The van der Waals surface area contributed by atoms with Crippen molar-refractivity contribution in [2.75, 3.05) is 26.7 Å². The minimum Gasteiger partial charge on any atom is -0.493 e. The van der Waals surface area contributed by atoms with Crippen LogP contribution in [-0.4, -0.2) is 48.6 Å². The standard InChI is InChI=1S/C23H31N3O5/c1-16-19(17(2)31-25-16)15-30-20-10-9-18(14-21(20)29-3)23(28)24-11-7-13-26-12-6-4-5-8-22(26)27/h9-10,14H,4-8,11-13,15H2,1-3H3,(H,24,28). The summed E-state index contributed by atoms with van der Waals surface area (Å²) in [5.41, 5.74) is 2.17. The first-order chi connectivity index (χ1) is 15.0. The molecule has 1 N–H and O–H groups in total. The van der Waals surface area contributed by atoms with Crippen molar-refractivity contribution in [2.24, 2.45) is 0 Å². The lowest BCUT2D eigenvalue weighted by Gasteiger charge is -2.20. The van der Waals surface area contributed by atoms with Gasteiger partial charge in [0, 0.05) is 31.6 Å². The van der Waals surface area contributed by atoms with Gasteiger partial charge in [-0.15, -0.1) is 0 Å². The van der Waals surface area contributed by atoms with Gasteiger partial charge in [-0.2, -0.15) is 0 Å². The second-order valence-corrected chi connectivity index (χ2v) is 7.76. The van der Waals surface area contributed by atoms with E-state index in [4.69, 9.17) is 14.0 Å². The summed E-state index contributed by atoms with van der Waals surface area (Å²) >= 11 is 0. The lowest BCUT2D eigenvalue weighted by molar-refractivity contribution is -0.130. The molecule has 0 unspecified atom stereocenters. The molecule has 2 heterocycles. The van der Waals surface area contributed by atoms with Crippen LogP contribution in [0.15, 0.2) is 22.7 Å². The summed E-state index contributed by atoms with van der Waals surface area (Å²) in [6, 6.07) is 5.09. The van der Waals surface area contributed by atoms with E-state index in [9.17, 15) is 9.59 Å². The van der Waals surface area contributed by atoms with Crippen LogP contribution in [0.25, 0.3) is 0 Å². The summed E-state index contributed by atoms with van der Waals surface area (Å²) in [5.74, 6) is 1.78. The van der Waals surface area contributed by atoms with Gasteiger partial charge in [-0.05, 0) is 51.3 Å². The average molecular weight is 430 g/mol. The molecule has 2 aromatic rings. The Morgan fingerprint density at radius 1 is 1.23 bits per heavy atom. The van der Waals surface area contributed by atoms with Gasteiger partial charge < -0.3 is 24.2 Å². The van der Waals surface area contributed by atoms with Crippen molar-refractivity contribution in [1.82, 2.24) is 15.4 Å². The van der Waals surface area contributed by atoms with Crippen LogP contribution in [0.5, 0.6) is 11.5 Å². The third kappa shape index (κ3) is 5.99. The fourth-order valence-corrected chi connectivity index (χ4v) is 3.63. The Balaban J connectivity index is 1.51. The van der Waals surface area contributed by atoms with Crippen molar-refractivity contribution >= 4 is 11.8 Å². The monoisotopic (exact) mass is 429 g/mol. The van der Waals surface area contributed by atoms with E-state index in [1.165, 1.54) is 7.11 Å². The SMILES string of the molecule is COc1cc(C(=O)NCCCN2CCCCCC2=O)ccc1OCc1c(C)noc1C. The van der Waals surface area contributed by atoms with Gasteiger partial charge in [0.2, 0.25) is 5.91 Å². The molecule has 1 aromatic heterocycles. The van der Waals surface area contributed by atoms with E-state index in [1.807, 2.05) is 18.7 Å². The van der Waals surface area contributed by atoms with Crippen molar-refractivity contribution < 1.29 is 23.6 Å². The average Bonchev–Trinajstić information content (AvgIpc) is 2.95. The Kier molecular flexibility index (Phi) is 7.92. The summed E-state index contributed by atoms with van der Waals surface area (Å²) in [5, 5.41) is 6.84. The Bertz CT molecular complexity index is 889. The third-order valence-corrected chi connectivity index (χ3v) is 5.54. The van der Waals surface area contributed by atoms with Gasteiger partial charge in [0.1, 0.15) is 12.4 Å². The molecule has 3 rings (SSSR count). The lowest BCUT2D eigenvalue weighted by atomic mass is 10.1. The molecule has 0 radical (unpaired) electrons. The van der Waals surface area contributed by atoms with Crippen LogP contribution in [0.2, 0.25) is 0 Å². The fraction of sp³-hybridized carbons (Fsp3) is 0.522. The highest BCUT2D eigenvalue weighted by atomic mass is 16.5. The quantitative estimate of drug-likeness (QED) is 0.614. The minimum atomic E-state index is -0.183. The first-order valence-electron chi connectivity index (χ1n) is 10.8. The number of methoxy groups -OCH3 is 1. The van der Waals surface area contributed by atoms with Gasteiger partial charge in [-0.25, -0.2) is 0 Å². The molecule has 0 bridgehead atoms. The molecule has 31 heavy (non-hydrogen) atoms. The molecule has 1 aliphatic rings. The predicted molar refractivity (Wildman–Crippen MR) is 115 cm³/mol. The summed E-state index contributed by atoms with van der Waals surface area (Å²) in [6.07, 6.45) is 4.51. The van der Waals surface area contributed by atoms with Crippen LogP contribution in [-0.2, 0) is 11.4 Å². The van der Waals surface area contributed by atoms with Gasteiger partial charge in [0.15, 0.2) is 11.5 Å². The Morgan fingerprint density at radius 2 is 2.06 bits per heavy atom. The van der Waals surface area contributed by atoms with Crippen molar-refractivity contribution in [1.29, 1.82) is 0 Å². The van der Waals surface area contributed by atoms with E-state index in [1.54, 1.807) is 18.2 Å². The number of hydrogen-bond acceptors (Lipinski definition) is 6. The molecule has 1 aliphatic heterocycles. The number of carbonyl (C=O) groups is 2. The summed E-state index contributed by atoms with van der Waals surface area (Å²) in [4.78, 5) is 26.5. The van der Waals surface area contributed by atoms with Gasteiger partial charge in [0.05, 0.1) is 18.4 Å². The fourth-order valence-electron chi connectivity index (χ4n) is 3.63. The number of likely N-dealkylation sites (tertiary alicyclic amines) is 1. The second kappa shape index (κ2) is 10.8. The van der Waals surface area contributed by atoms with Crippen LogP contribution < -0.4 is 14.8 Å². The Labute approximate surface area is 182 Å². The highest BCUT2D eigenvalue weighted by Crippen LogP contribution is 2.29. The van der Waals surface area contributed by atoms with Gasteiger partial charge in [-0.3, -0.25) is 9.59 Å². The molecule has 0 atom stereocenters. The van der Waals surface area contributed by atoms with Crippen LogP contribution in [0.1, 0.15) is 59.5 Å². The molecule has 168 valence electrons. The molecule has 2 amide bonds. The number of nitrogens with one attached hydrogen (secondary N) is 1. The highest BCUT2D eigenvalue weighted by molar-refractivity contribution is 5.94. The molecule has 1 fully saturated rings. The first-order valence-corrected chi connectivity index (χ1v) is 10.8. The number of aryl methyl sites for hydroxylation is 2. The number of hydrogen-bond donors (Lipinski definition) is 1. The summed E-state index contributed by atoms with van der Waals surface area (Å²) in [6.45, 7) is 6.01. The van der Waals surface area contributed by atoms with Gasteiger partial charge >= 0.3 is 0 Å². The number of benzene rings is 1. The van der Waals surface area contributed by atoms with Crippen LogP contribution >= 0.6 is 0 Å². The van der Waals surface area contributed by atoms with E-state index in [0.29, 0.717) is 48.9 Å². The molecule has 8 nitrogen and oxygen atoms in total. The Morgan fingerprint density at radius 3 is 2.81 bits per heavy atom. The molecule has 1 saturated heterocycles. The molecule has 0 saturated carbocycles. The molecular weight excluding hydrogens is 398 g/mol. The molecular formula is C23H31N3O5. The maximum absolute atomic E-state index is 12.5. The number of ether oxygens (including phenoxy) is 2. The maximum atomic E-state index is 12.5. The largest absolute Gasteiger partial charge is 0.493 e. The zero-order chi connectivity index (χ0) is 22.2. The zero-order valence-electron chi connectivity index (χ0n) is 18.5. The normalized spacial score (nSPS) is 14.3. The van der Waals surface area contributed by atoms with E-state index < -0.39 is 0 Å². The lowest BCUT2D eigenvalue weighted by Crippen LogP contribution is -2.34. The van der Waals surface area contributed by atoms with Crippen LogP contribution in [0.4, 0.5) is 0 Å². The van der Waals surface area contributed by atoms with Gasteiger partial charge in [0.25, 0.3) is 5.91 Å². The van der Waals surface area contributed by atoms with Crippen molar-refractivity contribution in [3.8, 4) is 11.5 Å². The number of rotatable bonds is 9. The van der Waals surface area contributed by atoms with E-state index in [2.05, 4.69) is 10.5 Å². The van der Waals surface area contributed by atoms with E-state index in [0.717, 1.165) is 43.5 Å². The smallest absolute Gasteiger partial charge is 0.251 e. The highest BCUT2D eigenvalue weighted by Gasteiger charge is 2.17. The summed E-state index contributed by atoms with van der Waals surface area (Å²) < 4.78 is 16.4. The molecule has 0 aliphatic carbocycles. The first kappa shape index (κ1) is 22.7. The summed E-state index contributed by atoms with van der Waals surface area (Å²) in [7, 11) is 1.54. The van der Waals surface area contributed by atoms with E-state index >= 15 is 0 Å². The van der Waals surface area contributed by atoms with Crippen LogP contribution in [0.3, 0.4) is 0 Å². The van der Waals surface area contributed by atoms with Crippen molar-refractivity contribution in [3.05, 3.63) is 40.8 Å².